The molecule has 0 saturated carbocycles. The maximum absolute atomic E-state index is 10.5. The van der Waals surface area contributed by atoms with E-state index in [1.807, 2.05) is 48.6 Å². The molecular formula is C16H14N2O2. The van der Waals surface area contributed by atoms with Crippen LogP contribution in [0.3, 0.4) is 0 Å². The number of rotatable bonds is 4. The van der Waals surface area contributed by atoms with Gasteiger partial charge in [0.1, 0.15) is 0 Å². The van der Waals surface area contributed by atoms with Crippen LogP contribution in [0.4, 0.5) is 11.4 Å². The Hall–Kier alpha value is -2.88. The van der Waals surface area contributed by atoms with Crippen molar-refractivity contribution in [2.45, 2.75) is 0 Å². The van der Waals surface area contributed by atoms with Crippen LogP contribution in [0, 0.1) is 10.1 Å². The zero-order valence-corrected chi connectivity index (χ0v) is 10.8. The van der Waals surface area contributed by atoms with E-state index in [9.17, 15) is 10.1 Å². The topological polar surface area (TPSA) is 69.2 Å². The largest absolute Gasteiger partial charge is 0.399 e. The SMILES string of the molecule is Nc1ccc(/C=C/C=C/c2ccc([N+](=O)[O-])cc2)cc1. The molecule has 0 fully saturated rings. The summed E-state index contributed by atoms with van der Waals surface area (Å²) >= 11 is 0. The summed E-state index contributed by atoms with van der Waals surface area (Å²) in [7, 11) is 0. The summed E-state index contributed by atoms with van der Waals surface area (Å²) in [5.74, 6) is 0. The van der Waals surface area contributed by atoms with E-state index in [1.54, 1.807) is 12.1 Å². The van der Waals surface area contributed by atoms with E-state index in [-0.39, 0.29) is 5.69 Å². The molecule has 0 radical (unpaired) electrons. The highest BCUT2D eigenvalue weighted by molar-refractivity contribution is 5.59. The predicted molar refractivity (Wildman–Crippen MR) is 82.0 cm³/mol. The van der Waals surface area contributed by atoms with Gasteiger partial charge < -0.3 is 5.73 Å². The van der Waals surface area contributed by atoms with Crippen molar-refractivity contribution in [1.82, 2.24) is 0 Å². The summed E-state index contributed by atoms with van der Waals surface area (Å²) in [5, 5.41) is 10.5. The summed E-state index contributed by atoms with van der Waals surface area (Å²) < 4.78 is 0. The number of nitro groups is 1. The lowest BCUT2D eigenvalue weighted by Gasteiger charge is -1.94. The molecule has 100 valence electrons. The number of anilines is 1. The van der Waals surface area contributed by atoms with Gasteiger partial charge in [-0.2, -0.15) is 0 Å². The van der Waals surface area contributed by atoms with Gasteiger partial charge in [0, 0.05) is 17.8 Å². The van der Waals surface area contributed by atoms with Gasteiger partial charge in [0.25, 0.3) is 5.69 Å². The molecule has 0 aliphatic heterocycles. The third-order valence-corrected chi connectivity index (χ3v) is 2.73. The lowest BCUT2D eigenvalue weighted by atomic mass is 10.1. The van der Waals surface area contributed by atoms with Crippen LogP contribution < -0.4 is 5.73 Å². The smallest absolute Gasteiger partial charge is 0.269 e. The van der Waals surface area contributed by atoms with Gasteiger partial charge in [0.05, 0.1) is 4.92 Å². The van der Waals surface area contributed by atoms with Gasteiger partial charge in [-0.15, -0.1) is 0 Å². The number of benzene rings is 2. The zero-order valence-electron chi connectivity index (χ0n) is 10.8. The standard InChI is InChI=1S/C16H14N2O2/c17-15-9-5-13(6-10-15)3-1-2-4-14-7-11-16(12-8-14)18(19)20/h1-12H,17H2/b3-1+,4-2+. The molecule has 0 amide bonds. The van der Waals surface area contributed by atoms with Crippen LogP contribution in [0.15, 0.2) is 60.7 Å². The van der Waals surface area contributed by atoms with E-state index < -0.39 is 4.92 Å². The van der Waals surface area contributed by atoms with Crippen molar-refractivity contribution in [3.63, 3.8) is 0 Å². The number of hydrogen-bond donors (Lipinski definition) is 1. The average molecular weight is 266 g/mol. The van der Waals surface area contributed by atoms with Crippen molar-refractivity contribution in [3.05, 3.63) is 81.9 Å². The molecule has 0 unspecified atom stereocenters. The van der Waals surface area contributed by atoms with Crippen LogP contribution in [0.1, 0.15) is 11.1 Å². The van der Waals surface area contributed by atoms with Crippen LogP contribution in [-0.4, -0.2) is 4.92 Å². The van der Waals surface area contributed by atoms with Crippen LogP contribution in [-0.2, 0) is 0 Å². The molecule has 0 spiro atoms. The molecule has 0 bridgehead atoms. The van der Waals surface area contributed by atoms with Gasteiger partial charge in [0.2, 0.25) is 0 Å². The Labute approximate surface area is 117 Å². The van der Waals surface area contributed by atoms with Crippen molar-refractivity contribution in [3.8, 4) is 0 Å². The third-order valence-electron chi connectivity index (χ3n) is 2.73. The number of nitrogens with two attached hydrogens (primary N) is 1. The molecule has 0 saturated heterocycles. The number of allylic oxidation sites excluding steroid dienone is 2. The molecule has 0 atom stereocenters. The maximum Gasteiger partial charge on any atom is 0.269 e. The minimum absolute atomic E-state index is 0.0968. The fourth-order valence-electron chi connectivity index (χ4n) is 1.65. The molecule has 4 heteroatoms. The van der Waals surface area contributed by atoms with Crippen LogP contribution >= 0.6 is 0 Å². The second-order valence-corrected chi connectivity index (χ2v) is 4.23. The Morgan fingerprint density at radius 1 is 0.850 bits per heavy atom. The Bertz CT molecular complexity index is 641. The van der Waals surface area contributed by atoms with E-state index in [1.165, 1.54) is 12.1 Å². The van der Waals surface area contributed by atoms with E-state index in [4.69, 9.17) is 5.73 Å². The average Bonchev–Trinajstić information content (AvgIpc) is 2.46. The molecule has 20 heavy (non-hydrogen) atoms. The normalized spacial score (nSPS) is 11.2. The number of nitrogens with zero attached hydrogens (tertiary/aromatic N) is 1. The van der Waals surface area contributed by atoms with E-state index in [2.05, 4.69) is 0 Å². The summed E-state index contributed by atoms with van der Waals surface area (Å²) in [4.78, 5) is 10.1. The monoisotopic (exact) mass is 266 g/mol. The highest BCUT2D eigenvalue weighted by atomic mass is 16.6. The highest BCUT2D eigenvalue weighted by Gasteiger charge is 2.01. The van der Waals surface area contributed by atoms with Crippen molar-refractivity contribution in [2.75, 3.05) is 5.73 Å². The van der Waals surface area contributed by atoms with E-state index in [0.29, 0.717) is 0 Å². The highest BCUT2D eigenvalue weighted by Crippen LogP contribution is 2.13. The molecule has 2 rings (SSSR count). The number of hydrogen-bond acceptors (Lipinski definition) is 3. The van der Waals surface area contributed by atoms with Crippen molar-refractivity contribution < 1.29 is 4.92 Å². The maximum atomic E-state index is 10.5. The van der Waals surface area contributed by atoms with Crippen molar-refractivity contribution in [2.24, 2.45) is 0 Å². The van der Waals surface area contributed by atoms with Gasteiger partial charge >= 0.3 is 0 Å². The molecule has 2 aromatic rings. The van der Waals surface area contributed by atoms with Gasteiger partial charge in [0.15, 0.2) is 0 Å². The summed E-state index contributed by atoms with van der Waals surface area (Å²) in [6.07, 6.45) is 7.64. The van der Waals surface area contributed by atoms with Gasteiger partial charge in [-0.1, -0.05) is 36.4 Å². The minimum Gasteiger partial charge on any atom is -0.399 e. The van der Waals surface area contributed by atoms with Crippen LogP contribution in [0.2, 0.25) is 0 Å². The first-order chi connectivity index (χ1) is 9.65. The van der Waals surface area contributed by atoms with Crippen LogP contribution in [0.25, 0.3) is 12.2 Å². The Morgan fingerprint density at radius 2 is 1.30 bits per heavy atom. The summed E-state index contributed by atoms with van der Waals surface area (Å²) in [6, 6.07) is 14.0. The van der Waals surface area contributed by atoms with Gasteiger partial charge in [-0.3, -0.25) is 10.1 Å². The first-order valence-corrected chi connectivity index (χ1v) is 6.10. The number of nitrogen functional groups attached to an aromatic ring is 1. The van der Waals surface area contributed by atoms with E-state index >= 15 is 0 Å². The quantitative estimate of drug-likeness (QED) is 0.395. The minimum atomic E-state index is -0.408. The Morgan fingerprint density at radius 3 is 1.75 bits per heavy atom. The number of nitro benzene ring substituents is 1. The fourth-order valence-corrected chi connectivity index (χ4v) is 1.65. The Balaban J connectivity index is 1.99. The molecular weight excluding hydrogens is 252 g/mol. The second-order valence-electron chi connectivity index (χ2n) is 4.23. The third kappa shape index (κ3) is 3.81. The lowest BCUT2D eigenvalue weighted by molar-refractivity contribution is -0.384. The summed E-state index contributed by atoms with van der Waals surface area (Å²) in [5.41, 5.74) is 8.42. The molecule has 0 heterocycles. The van der Waals surface area contributed by atoms with Crippen molar-refractivity contribution >= 4 is 23.5 Å². The molecule has 4 nitrogen and oxygen atoms in total. The van der Waals surface area contributed by atoms with Gasteiger partial charge in [-0.05, 0) is 35.4 Å². The van der Waals surface area contributed by atoms with Crippen LogP contribution in [0.5, 0.6) is 0 Å². The fraction of sp³-hybridized carbons (Fsp3) is 0. The Kier molecular flexibility index (Phi) is 4.29. The predicted octanol–water partition coefficient (Wildman–Crippen LogP) is 3.90. The molecule has 2 N–H and O–H groups in total. The zero-order chi connectivity index (χ0) is 14.4. The number of non-ortho nitro benzene ring substituents is 1. The van der Waals surface area contributed by atoms with Crippen molar-refractivity contribution in [1.29, 1.82) is 0 Å². The lowest BCUT2D eigenvalue weighted by Crippen LogP contribution is -1.86. The van der Waals surface area contributed by atoms with E-state index in [0.717, 1.165) is 16.8 Å². The van der Waals surface area contributed by atoms with Gasteiger partial charge in [-0.25, -0.2) is 0 Å². The first-order valence-electron chi connectivity index (χ1n) is 6.10. The molecule has 0 aliphatic carbocycles. The molecule has 0 aliphatic rings. The first kappa shape index (κ1) is 13.5. The second kappa shape index (κ2) is 6.33. The molecule has 0 aromatic heterocycles. The summed E-state index contributed by atoms with van der Waals surface area (Å²) in [6.45, 7) is 0. The molecule has 2 aromatic carbocycles.